The van der Waals surface area contributed by atoms with Gasteiger partial charge in [-0.05, 0) is 57.1 Å². The average molecular weight is 480 g/mol. The van der Waals surface area contributed by atoms with E-state index in [0.717, 1.165) is 11.1 Å². The Morgan fingerprint density at radius 1 is 0.971 bits per heavy atom. The predicted molar refractivity (Wildman–Crippen MR) is 135 cm³/mol. The highest BCUT2D eigenvalue weighted by molar-refractivity contribution is 5.96. The lowest BCUT2D eigenvalue weighted by Crippen LogP contribution is -2.48. The molecule has 0 aromatic heterocycles. The standard InChI is InChI=1S/C29H37NO5/c1-20(2)16-24(25(27(32)35-29(3,4)5)18-22-14-10-7-11-15-22)26(31)30-23(19-34-28(30)33)17-21-12-8-6-9-13-21/h6-15,20,23-25H,16-19H2,1-5H3/t23-,24+,25-/m0/s1. The molecule has 2 amide bonds. The molecule has 0 bridgehead atoms. The van der Waals surface area contributed by atoms with Crippen molar-refractivity contribution in [1.29, 1.82) is 0 Å². The second kappa shape index (κ2) is 11.5. The van der Waals surface area contributed by atoms with Gasteiger partial charge in [0.05, 0.1) is 17.9 Å². The summed E-state index contributed by atoms with van der Waals surface area (Å²) in [4.78, 5) is 41.5. The minimum Gasteiger partial charge on any atom is -0.460 e. The molecular formula is C29H37NO5. The summed E-state index contributed by atoms with van der Waals surface area (Å²) < 4.78 is 11.1. The first-order chi connectivity index (χ1) is 16.5. The maximum Gasteiger partial charge on any atom is 0.416 e. The number of nitrogens with zero attached hydrogens (tertiary/aromatic N) is 1. The summed E-state index contributed by atoms with van der Waals surface area (Å²) in [6.07, 6.45) is 0.665. The average Bonchev–Trinajstić information content (AvgIpc) is 3.15. The van der Waals surface area contributed by atoms with Crippen molar-refractivity contribution in [2.75, 3.05) is 6.61 Å². The van der Waals surface area contributed by atoms with Crippen LogP contribution < -0.4 is 0 Å². The van der Waals surface area contributed by atoms with Crippen molar-refractivity contribution in [3.8, 4) is 0 Å². The fraction of sp³-hybridized carbons (Fsp3) is 0.483. The molecule has 0 saturated carbocycles. The molecule has 3 rings (SSSR count). The zero-order valence-electron chi connectivity index (χ0n) is 21.4. The second-order valence-electron chi connectivity index (χ2n) is 10.7. The lowest BCUT2D eigenvalue weighted by molar-refractivity contribution is -0.165. The first kappa shape index (κ1) is 26.5. The highest BCUT2D eigenvalue weighted by atomic mass is 16.6. The Bertz CT molecular complexity index is 997. The van der Waals surface area contributed by atoms with E-state index in [1.54, 1.807) is 0 Å². The van der Waals surface area contributed by atoms with Gasteiger partial charge in [0.1, 0.15) is 12.2 Å². The van der Waals surface area contributed by atoms with E-state index in [0.29, 0.717) is 19.3 Å². The Morgan fingerprint density at radius 3 is 2.09 bits per heavy atom. The zero-order valence-corrected chi connectivity index (χ0v) is 21.4. The van der Waals surface area contributed by atoms with Gasteiger partial charge in [0, 0.05) is 0 Å². The largest absolute Gasteiger partial charge is 0.460 e. The number of benzene rings is 2. The first-order valence-corrected chi connectivity index (χ1v) is 12.4. The number of esters is 1. The molecule has 0 aliphatic carbocycles. The molecule has 1 saturated heterocycles. The van der Waals surface area contributed by atoms with Gasteiger partial charge < -0.3 is 9.47 Å². The minimum atomic E-state index is -0.725. The third-order valence-corrected chi connectivity index (χ3v) is 6.05. The van der Waals surface area contributed by atoms with Crippen molar-refractivity contribution in [3.05, 3.63) is 71.8 Å². The lowest BCUT2D eigenvalue weighted by Gasteiger charge is -2.32. The van der Waals surface area contributed by atoms with Gasteiger partial charge in [-0.1, -0.05) is 74.5 Å². The van der Waals surface area contributed by atoms with Crippen LogP contribution in [0.25, 0.3) is 0 Å². The molecule has 2 aromatic rings. The molecule has 6 heteroatoms. The van der Waals surface area contributed by atoms with Crippen molar-refractivity contribution in [2.24, 2.45) is 17.8 Å². The van der Waals surface area contributed by atoms with Gasteiger partial charge in [-0.25, -0.2) is 9.69 Å². The van der Waals surface area contributed by atoms with Crippen molar-refractivity contribution in [2.45, 2.75) is 65.5 Å². The third-order valence-electron chi connectivity index (χ3n) is 6.05. The van der Waals surface area contributed by atoms with Gasteiger partial charge in [0.15, 0.2) is 0 Å². The molecule has 3 atom stereocenters. The van der Waals surface area contributed by atoms with Crippen LogP contribution in [0.4, 0.5) is 4.79 Å². The highest BCUT2D eigenvalue weighted by Gasteiger charge is 2.45. The predicted octanol–water partition coefficient (Wildman–Crippen LogP) is 5.44. The summed E-state index contributed by atoms with van der Waals surface area (Å²) in [6.45, 7) is 9.62. The SMILES string of the molecule is CC(C)C[C@@H](C(=O)N1C(=O)OC[C@@H]1Cc1ccccc1)[C@H](Cc1ccccc1)C(=O)OC(C)(C)C. The van der Waals surface area contributed by atoms with Crippen LogP contribution in [-0.4, -0.2) is 41.1 Å². The summed E-state index contributed by atoms with van der Waals surface area (Å²) in [5, 5.41) is 0. The number of rotatable bonds is 9. The van der Waals surface area contributed by atoms with E-state index in [9.17, 15) is 14.4 Å². The van der Waals surface area contributed by atoms with E-state index in [1.807, 2.05) is 95.3 Å². The topological polar surface area (TPSA) is 72.9 Å². The number of amides is 2. The van der Waals surface area contributed by atoms with Crippen LogP contribution in [0.1, 0.15) is 52.2 Å². The molecule has 1 aliphatic heterocycles. The van der Waals surface area contributed by atoms with Gasteiger partial charge in [-0.15, -0.1) is 0 Å². The van der Waals surface area contributed by atoms with E-state index in [1.165, 1.54) is 4.90 Å². The number of cyclic esters (lactones) is 1. The first-order valence-electron chi connectivity index (χ1n) is 12.4. The van der Waals surface area contributed by atoms with Gasteiger partial charge in [-0.2, -0.15) is 0 Å². The molecule has 188 valence electrons. The highest BCUT2D eigenvalue weighted by Crippen LogP contribution is 2.31. The van der Waals surface area contributed by atoms with Crippen molar-refractivity contribution in [1.82, 2.24) is 4.90 Å². The Balaban J connectivity index is 1.94. The maximum absolute atomic E-state index is 14.0. The van der Waals surface area contributed by atoms with Crippen LogP contribution >= 0.6 is 0 Å². The molecule has 1 heterocycles. The van der Waals surface area contributed by atoms with Crippen molar-refractivity contribution >= 4 is 18.0 Å². The van der Waals surface area contributed by atoms with E-state index in [4.69, 9.17) is 9.47 Å². The van der Waals surface area contributed by atoms with Crippen LogP contribution in [0.5, 0.6) is 0 Å². The summed E-state index contributed by atoms with van der Waals surface area (Å²) in [7, 11) is 0. The molecule has 1 aliphatic rings. The molecule has 0 unspecified atom stereocenters. The van der Waals surface area contributed by atoms with E-state index < -0.39 is 35.5 Å². The summed E-state index contributed by atoms with van der Waals surface area (Å²) in [5.74, 6) is -2.09. The van der Waals surface area contributed by atoms with Crippen LogP contribution in [0.15, 0.2) is 60.7 Å². The monoisotopic (exact) mass is 479 g/mol. The zero-order chi connectivity index (χ0) is 25.6. The number of hydrogen-bond donors (Lipinski definition) is 0. The number of carbonyl (C=O) groups excluding carboxylic acids is 3. The number of ether oxygens (including phenoxy) is 2. The Hall–Kier alpha value is -3.15. The quantitative estimate of drug-likeness (QED) is 0.448. The van der Waals surface area contributed by atoms with Gasteiger partial charge in [0.25, 0.3) is 0 Å². The molecule has 0 N–H and O–H groups in total. The molecule has 2 aromatic carbocycles. The van der Waals surface area contributed by atoms with Gasteiger partial charge in [0.2, 0.25) is 5.91 Å². The molecule has 6 nitrogen and oxygen atoms in total. The second-order valence-corrected chi connectivity index (χ2v) is 10.7. The number of carbonyl (C=O) groups is 3. The van der Waals surface area contributed by atoms with Crippen LogP contribution in [0.2, 0.25) is 0 Å². The summed E-state index contributed by atoms with van der Waals surface area (Å²) >= 11 is 0. The number of hydrogen-bond acceptors (Lipinski definition) is 5. The fourth-order valence-electron chi connectivity index (χ4n) is 4.53. The molecule has 0 spiro atoms. The van der Waals surface area contributed by atoms with E-state index in [2.05, 4.69) is 0 Å². The Morgan fingerprint density at radius 2 is 1.54 bits per heavy atom. The third kappa shape index (κ3) is 7.41. The van der Waals surface area contributed by atoms with E-state index in [-0.39, 0.29) is 18.4 Å². The fourth-order valence-corrected chi connectivity index (χ4v) is 4.53. The number of imide groups is 1. The minimum absolute atomic E-state index is 0.135. The van der Waals surface area contributed by atoms with Crippen LogP contribution in [0.3, 0.4) is 0 Å². The summed E-state index contributed by atoms with van der Waals surface area (Å²) in [6, 6.07) is 18.9. The smallest absolute Gasteiger partial charge is 0.416 e. The van der Waals surface area contributed by atoms with E-state index >= 15 is 0 Å². The molecule has 1 fully saturated rings. The van der Waals surface area contributed by atoms with Crippen LogP contribution in [-0.2, 0) is 31.9 Å². The van der Waals surface area contributed by atoms with Crippen molar-refractivity contribution < 1.29 is 23.9 Å². The van der Waals surface area contributed by atoms with Crippen LogP contribution in [0, 0.1) is 17.8 Å². The molecule has 0 radical (unpaired) electrons. The van der Waals surface area contributed by atoms with Crippen molar-refractivity contribution in [3.63, 3.8) is 0 Å². The molecule has 35 heavy (non-hydrogen) atoms. The Labute approximate surface area is 208 Å². The lowest BCUT2D eigenvalue weighted by atomic mass is 9.80. The maximum atomic E-state index is 14.0. The Kier molecular flexibility index (Phi) is 8.71. The van der Waals surface area contributed by atoms with Gasteiger partial charge in [-0.3, -0.25) is 9.59 Å². The molecular weight excluding hydrogens is 442 g/mol. The summed E-state index contributed by atoms with van der Waals surface area (Å²) in [5.41, 5.74) is 1.26. The normalized spacial score (nSPS) is 17.7. The van der Waals surface area contributed by atoms with Gasteiger partial charge >= 0.3 is 12.1 Å².